The summed E-state index contributed by atoms with van der Waals surface area (Å²) in [5.74, 6) is 0.135. The van der Waals surface area contributed by atoms with Crippen LogP contribution in [0.25, 0.3) is 0 Å². The van der Waals surface area contributed by atoms with Crippen LogP contribution < -0.4 is 0 Å². The summed E-state index contributed by atoms with van der Waals surface area (Å²) in [4.78, 5) is 14.5. The molecule has 4 heteroatoms. The predicted molar refractivity (Wildman–Crippen MR) is 90.2 cm³/mol. The van der Waals surface area contributed by atoms with E-state index in [0.717, 1.165) is 22.2 Å². The maximum atomic E-state index is 12.5. The van der Waals surface area contributed by atoms with Crippen molar-refractivity contribution in [3.63, 3.8) is 0 Å². The molecule has 2 nitrogen and oxygen atoms in total. The normalized spacial score (nSPS) is 21.4. The van der Waals surface area contributed by atoms with Gasteiger partial charge in [0.2, 0.25) is 0 Å². The molecule has 1 saturated heterocycles. The smallest absolute Gasteiger partial charge is 0.253 e. The molecule has 2 aliphatic rings. The van der Waals surface area contributed by atoms with E-state index in [9.17, 15) is 4.79 Å². The molecule has 1 amide bonds. The Hall–Kier alpha value is -0.290. The molecule has 1 aromatic rings. The van der Waals surface area contributed by atoms with Crippen molar-refractivity contribution < 1.29 is 4.79 Å². The zero-order chi connectivity index (χ0) is 14.2. The minimum Gasteiger partial charge on any atom is -0.339 e. The number of amides is 1. The van der Waals surface area contributed by atoms with Crippen LogP contribution in [-0.2, 0) is 0 Å². The highest BCUT2D eigenvalue weighted by Gasteiger charge is 2.38. The van der Waals surface area contributed by atoms with Crippen LogP contribution in [0, 0.1) is 8.99 Å². The molecule has 108 valence electrons. The highest BCUT2D eigenvalue weighted by atomic mass is 127. The lowest BCUT2D eigenvalue weighted by molar-refractivity contribution is 0.0587. The van der Waals surface area contributed by atoms with E-state index in [-0.39, 0.29) is 5.91 Å². The van der Waals surface area contributed by atoms with Gasteiger partial charge in [-0.05, 0) is 71.9 Å². The Morgan fingerprint density at radius 3 is 2.40 bits per heavy atom. The Balaban J connectivity index is 1.68. The summed E-state index contributed by atoms with van der Waals surface area (Å²) in [7, 11) is 0. The first kappa shape index (κ1) is 14.6. The van der Waals surface area contributed by atoms with Crippen molar-refractivity contribution in [2.24, 2.45) is 5.41 Å². The minimum atomic E-state index is 0.135. The van der Waals surface area contributed by atoms with E-state index in [1.54, 1.807) is 6.07 Å². The molecule has 0 bridgehead atoms. The van der Waals surface area contributed by atoms with Gasteiger partial charge in [0.25, 0.3) is 5.91 Å². The van der Waals surface area contributed by atoms with Crippen LogP contribution in [0.15, 0.2) is 18.2 Å². The van der Waals surface area contributed by atoms with Crippen LogP contribution >= 0.6 is 34.2 Å². The molecule has 2 fully saturated rings. The van der Waals surface area contributed by atoms with Gasteiger partial charge < -0.3 is 4.90 Å². The Bertz CT molecular complexity index is 515. The van der Waals surface area contributed by atoms with Crippen molar-refractivity contribution >= 4 is 40.1 Å². The lowest BCUT2D eigenvalue weighted by atomic mass is 9.77. The van der Waals surface area contributed by atoms with Crippen LogP contribution in [0.2, 0.25) is 5.02 Å². The van der Waals surface area contributed by atoms with E-state index in [1.807, 2.05) is 17.0 Å². The zero-order valence-electron chi connectivity index (χ0n) is 11.5. The molecule has 0 N–H and O–H groups in total. The van der Waals surface area contributed by atoms with E-state index < -0.39 is 0 Å². The molecule has 0 unspecified atom stereocenters. The van der Waals surface area contributed by atoms with Gasteiger partial charge >= 0.3 is 0 Å². The average molecular weight is 404 g/mol. The van der Waals surface area contributed by atoms with Crippen molar-refractivity contribution in [2.75, 3.05) is 13.1 Å². The van der Waals surface area contributed by atoms with E-state index >= 15 is 0 Å². The molecule has 20 heavy (non-hydrogen) atoms. The summed E-state index contributed by atoms with van der Waals surface area (Å²) in [6.45, 7) is 1.81. The number of likely N-dealkylation sites (tertiary alicyclic amines) is 1. The van der Waals surface area contributed by atoms with Gasteiger partial charge in [0, 0.05) is 22.2 Å². The van der Waals surface area contributed by atoms with Crippen LogP contribution in [0.1, 0.15) is 48.9 Å². The Morgan fingerprint density at radius 2 is 1.80 bits per heavy atom. The SMILES string of the molecule is O=C(c1ccc(I)c(Cl)c1)N1CCC2(CCCC2)CC1. The quantitative estimate of drug-likeness (QED) is 0.620. The fourth-order valence-corrected chi connectivity index (χ4v) is 4.14. The number of piperidine rings is 1. The van der Waals surface area contributed by atoms with E-state index in [0.29, 0.717) is 10.4 Å². The maximum Gasteiger partial charge on any atom is 0.253 e. The van der Waals surface area contributed by atoms with Crippen LogP contribution in [-0.4, -0.2) is 23.9 Å². The summed E-state index contributed by atoms with van der Waals surface area (Å²) in [6, 6.07) is 5.60. The first-order valence-electron chi connectivity index (χ1n) is 7.34. The first-order valence-corrected chi connectivity index (χ1v) is 8.80. The summed E-state index contributed by atoms with van der Waals surface area (Å²) >= 11 is 8.30. The molecule has 1 aliphatic carbocycles. The lowest BCUT2D eigenvalue weighted by Gasteiger charge is -2.39. The Morgan fingerprint density at radius 1 is 1.15 bits per heavy atom. The van der Waals surface area contributed by atoms with Gasteiger partial charge in [-0.15, -0.1) is 0 Å². The molecular formula is C16H19ClINO. The van der Waals surface area contributed by atoms with Crippen molar-refractivity contribution in [1.29, 1.82) is 0 Å². The molecule has 1 aromatic carbocycles. The molecule has 3 rings (SSSR count). The van der Waals surface area contributed by atoms with Gasteiger partial charge in [-0.2, -0.15) is 0 Å². The number of hydrogen-bond donors (Lipinski definition) is 0. The second kappa shape index (κ2) is 5.84. The van der Waals surface area contributed by atoms with Gasteiger partial charge in [0.15, 0.2) is 0 Å². The molecule has 1 heterocycles. The van der Waals surface area contributed by atoms with Gasteiger partial charge in [-0.1, -0.05) is 24.4 Å². The van der Waals surface area contributed by atoms with E-state index in [2.05, 4.69) is 22.6 Å². The highest BCUT2D eigenvalue weighted by Crippen LogP contribution is 2.46. The number of rotatable bonds is 1. The average Bonchev–Trinajstić information content (AvgIpc) is 2.90. The third-order valence-corrected chi connectivity index (χ3v) is 6.51. The Kier molecular flexibility index (Phi) is 4.27. The van der Waals surface area contributed by atoms with Crippen LogP contribution in [0.5, 0.6) is 0 Å². The minimum absolute atomic E-state index is 0.135. The number of nitrogens with zero attached hydrogens (tertiary/aromatic N) is 1. The van der Waals surface area contributed by atoms with E-state index in [4.69, 9.17) is 11.6 Å². The summed E-state index contributed by atoms with van der Waals surface area (Å²) in [5, 5.41) is 0.667. The number of benzene rings is 1. The van der Waals surface area contributed by atoms with Crippen molar-refractivity contribution in [3.05, 3.63) is 32.4 Å². The third kappa shape index (κ3) is 2.84. The molecule has 1 saturated carbocycles. The third-order valence-electron chi connectivity index (χ3n) is 4.94. The number of carbonyl (C=O) groups excluding carboxylic acids is 1. The fourth-order valence-electron chi connectivity index (χ4n) is 3.62. The lowest BCUT2D eigenvalue weighted by Crippen LogP contribution is -2.42. The second-order valence-corrected chi connectivity index (χ2v) is 7.70. The molecular weight excluding hydrogens is 385 g/mol. The maximum absolute atomic E-state index is 12.5. The Labute approximate surface area is 139 Å². The second-order valence-electron chi connectivity index (χ2n) is 6.13. The molecule has 0 radical (unpaired) electrons. The monoisotopic (exact) mass is 403 g/mol. The van der Waals surface area contributed by atoms with Crippen molar-refractivity contribution in [2.45, 2.75) is 38.5 Å². The summed E-state index contributed by atoms with van der Waals surface area (Å²) in [5.41, 5.74) is 1.28. The molecule has 0 aromatic heterocycles. The van der Waals surface area contributed by atoms with Crippen LogP contribution in [0.3, 0.4) is 0 Å². The van der Waals surface area contributed by atoms with E-state index in [1.165, 1.54) is 38.5 Å². The molecule has 1 aliphatic heterocycles. The highest BCUT2D eigenvalue weighted by molar-refractivity contribution is 14.1. The first-order chi connectivity index (χ1) is 9.60. The molecule has 1 spiro atoms. The predicted octanol–water partition coefficient (Wildman–Crippen LogP) is 4.74. The summed E-state index contributed by atoms with van der Waals surface area (Å²) < 4.78 is 0.990. The topological polar surface area (TPSA) is 20.3 Å². The van der Waals surface area contributed by atoms with Gasteiger partial charge in [-0.3, -0.25) is 4.79 Å². The zero-order valence-corrected chi connectivity index (χ0v) is 14.4. The van der Waals surface area contributed by atoms with Crippen molar-refractivity contribution in [1.82, 2.24) is 4.90 Å². The molecule has 0 atom stereocenters. The summed E-state index contributed by atoms with van der Waals surface area (Å²) in [6.07, 6.45) is 7.84. The number of hydrogen-bond acceptors (Lipinski definition) is 1. The van der Waals surface area contributed by atoms with Crippen LogP contribution in [0.4, 0.5) is 0 Å². The number of halogens is 2. The fraction of sp³-hybridized carbons (Fsp3) is 0.562. The largest absolute Gasteiger partial charge is 0.339 e. The van der Waals surface area contributed by atoms with Gasteiger partial charge in [0.05, 0.1) is 5.02 Å². The van der Waals surface area contributed by atoms with Crippen molar-refractivity contribution in [3.8, 4) is 0 Å². The van der Waals surface area contributed by atoms with Gasteiger partial charge in [0.1, 0.15) is 0 Å². The van der Waals surface area contributed by atoms with Gasteiger partial charge in [-0.25, -0.2) is 0 Å². The standard InChI is InChI=1S/C16H19ClINO/c17-13-11-12(3-4-14(13)18)15(20)19-9-7-16(8-10-19)5-1-2-6-16/h3-4,11H,1-2,5-10H2. The number of carbonyl (C=O) groups is 1.